The number of ether oxygens (including phenoxy) is 2. The zero-order chi connectivity index (χ0) is 18.1. The molecule has 0 spiro atoms. The van der Waals surface area contributed by atoms with E-state index in [2.05, 4.69) is 9.47 Å². The average Bonchev–Trinajstić information content (AvgIpc) is 3.24. The van der Waals surface area contributed by atoms with Crippen molar-refractivity contribution in [2.45, 2.75) is 6.92 Å². The van der Waals surface area contributed by atoms with Gasteiger partial charge in [-0.25, -0.2) is 0 Å². The van der Waals surface area contributed by atoms with Crippen LogP contribution in [0.2, 0.25) is 0 Å². The monoisotopic (exact) mass is 326 g/mol. The normalized spacial score (nSPS) is 27.3. The van der Waals surface area contributed by atoms with Crippen LogP contribution in [0.3, 0.4) is 0 Å². The maximum Gasteiger partial charge on any atom is 0.329 e. The van der Waals surface area contributed by atoms with Gasteiger partial charge in [0.1, 0.15) is 0 Å². The van der Waals surface area contributed by atoms with Gasteiger partial charge in [-0.15, -0.1) is 0 Å². The molecule has 1 aromatic rings. The van der Waals surface area contributed by atoms with Crippen LogP contribution in [-0.4, -0.2) is 31.9 Å². The number of carbonyl (C=O) groups is 3. The Kier molecular flexibility index (Phi) is 4.14. The molecule has 3 atom stereocenters. The van der Waals surface area contributed by atoms with Gasteiger partial charge in [-0.05, 0) is 6.92 Å². The lowest BCUT2D eigenvalue weighted by Crippen LogP contribution is -2.29. The molecule has 1 aliphatic rings. The summed E-state index contributed by atoms with van der Waals surface area (Å²) in [5, 5.41) is 19.0. The predicted octanol–water partition coefficient (Wildman–Crippen LogP) is 1.17. The number of rotatable bonds is 4. The summed E-state index contributed by atoms with van der Waals surface area (Å²) >= 11 is 0. The Hall–Kier alpha value is -3.19. The van der Waals surface area contributed by atoms with E-state index < -0.39 is 34.5 Å². The molecule has 0 radical (unpaired) electrons. The summed E-state index contributed by atoms with van der Waals surface area (Å²) in [6, 6.07) is 9.67. The summed E-state index contributed by atoms with van der Waals surface area (Å²) in [5.41, 5.74) is -3.34. The smallest absolute Gasteiger partial charge is 0.329 e. The molecule has 1 aromatic carbocycles. The number of aryl methyl sites for hydroxylation is 1. The summed E-state index contributed by atoms with van der Waals surface area (Å²) in [6.07, 6.45) is 0. The fraction of sp³-hybridized carbons (Fsp3) is 0.353. The highest BCUT2D eigenvalue weighted by atomic mass is 16.5. The highest BCUT2D eigenvalue weighted by Gasteiger charge is 2.90. The van der Waals surface area contributed by atoms with Crippen molar-refractivity contribution in [3.63, 3.8) is 0 Å². The van der Waals surface area contributed by atoms with E-state index in [4.69, 9.17) is 0 Å². The number of benzene rings is 1. The third-order valence-corrected chi connectivity index (χ3v) is 4.37. The Labute approximate surface area is 138 Å². The number of methoxy groups -OCH3 is 2. The van der Waals surface area contributed by atoms with E-state index in [-0.39, 0.29) is 5.56 Å². The van der Waals surface area contributed by atoms with Crippen molar-refractivity contribution in [3.8, 4) is 12.1 Å². The first-order valence-electron chi connectivity index (χ1n) is 6.97. The molecule has 0 N–H and O–H groups in total. The SMILES string of the molecule is COC(=O)[C@@]1(C#N)C(C(=O)c2ccc(C)cc2)[C@@]1(C#N)C(=O)OC. The Morgan fingerprint density at radius 3 is 1.71 bits per heavy atom. The fourth-order valence-corrected chi connectivity index (χ4v) is 3.03. The molecular weight excluding hydrogens is 312 g/mol. The number of hydrogen-bond acceptors (Lipinski definition) is 7. The maximum atomic E-state index is 12.8. The number of esters is 2. The van der Waals surface area contributed by atoms with Crippen LogP contribution in [0, 0.1) is 46.3 Å². The number of ketones is 1. The third-order valence-electron chi connectivity index (χ3n) is 4.37. The molecule has 0 saturated heterocycles. The summed E-state index contributed by atoms with van der Waals surface area (Å²) in [7, 11) is 2.04. The second kappa shape index (κ2) is 5.78. The fourth-order valence-electron chi connectivity index (χ4n) is 3.03. The van der Waals surface area contributed by atoms with Gasteiger partial charge in [0.15, 0.2) is 16.6 Å². The highest BCUT2D eigenvalue weighted by Crippen LogP contribution is 2.70. The number of nitrogens with zero attached hydrogens (tertiary/aromatic N) is 2. The summed E-state index contributed by atoms with van der Waals surface area (Å²) in [4.78, 5) is 37.1. The minimum absolute atomic E-state index is 0.190. The Morgan fingerprint density at radius 2 is 1.38 bits per heavy atom. The van der Waals surface area contributed by atoms with E-state index in [1.807, 2.05) is 6.92 Å². The molecule has 1 unspecified atom stereocenters. The summed E-state index contributed by atoms with van der Waals surface area (Å²) in [6.45, 7) is 1.83. The first kappa shape index (κ1) is 17.2. The van der Waals surface area contributed by atoms with E-state index in [9.17, 15) is 24.9 Å². The van der Waals surface area contributed by atoms with Crippen molar-refractivity contribution in [3.05, 3.63) is 35.4 Å². The van der Waals surface area contributed by atoms with Crippen molar-refractivity contribution in [2.75, 3.05) is 14.2 Å². The number of Topliss-reactive ketones (excluding diaryl/α,β-unsaturated/α-hetero) is 1. The molecule has 0 bridgehead atoms. The van der Waals surface area contributed by atoms with E-state index in [1.165, 1.54) is 12.1 Å². The molecule has 0 heterocycles. The zero-order valence-corrected chi connectivity index (χ0v) is 13.3. The van der Waals surface area contributed by atoms with Crippen molar-refractivity contribution in [1.82, 2.24) is 0 Å². The Balaban J connectivity index is 2.62. The van der Waals surface area contributed by atoms with Gasteiger partial charge in [-0.2, -0.15) is 10.5 Å². The van der Waals surface area contributed by atoms with Crippen LogP contribution in [0.25, 0.3) is 0 Å². The lowest BCUT2D eigenvalue weighted by Gasteiger charge is -2.09. The average molecular weight is 326 g/mol. The lowest BCUT2D eigenvalue weighted by atomic mass is 9.95. The van der Waals surface area contributed by atoms with Gasteiger partial charge in [-0.1, -0.05) is 29.8 Å². The molecular formula is C17H14N2O5. The van der Waals surface area contributed by atoms with Crippen LogP contribution in [0.4, 0.5) is 0 Å². The Morgan fingerprint density at radius 1 is 0.958 bits per heavy atom. The first-order valence-corrected chi connectivity index (χ1v) is 6.97. The molecule has 7 heteroatoms. The quantitative estimate of drug-likeness (QED) is 0.602. The van der Waals surface area contributed by atoms with Gasteiger partial charge >= 0.3 is 11.9 Å². The Bertz CT molecular complexity index is 762. The van der Waals surface area contributed by atoms with Crippen molar-refractivity contribution in [1.29, 1.82) is 10.5 Å². The molecule has 7 nitrogen and oxygen atoms in total. The standard InChI is InChI=1S/C17H14N2O5/c1-10-4-6-11(7-5-10)12(20)13-16(8-18,14(21)23-2)17(13,9-19)15(22)24-3/h4-7,13H,1-3H3/t13?,16-,17+. The lowest BCUT2D eigenvalue weighted by molar-refractivity contribution is -0.153. The number of hydrogen-bond donors (Lipinski definition) is 0. The molecule has 0 aromatic heterocycles. The number of nitriles is 2. The van der Waals surface area contributed by atoms with Crippen LogP contribution in [0.5, 0.6) is 0 Å². The van der Waals surface area contributed by atoms with Crippen LogP contribution in [0.15, 0.2) is 24.3 Å². The molecule has 1 saturated carbocycles. The molecule has 0 aliphatic heterocycles. The van der Waals surface area contributed by atoms with Crippen molar-refractivity contribution >= 4 is 17.7 Å². The topological polar surface area (TPSA) is 117 Å². The highest BCUT2D eigenvalue weighted by molar-refractivity contribution is 6.14. The third kappa shape index (κ3) is 1.92. The predicted molar refractivity (Wildman–Crippen MR) is 79.1 cm³/mol. The van der Waals surface area contributed by atoms with Gasteiger partial charge in [0.05, 0.1) is 32.3 Å². The largest absolute Gasteiger partial charge is 0.468 e. The summed E-state index contributed by atoms with van der Waals surface area (Å²) < 4.78 is 9.17. The van der Waals surface area contributed by atoms with Crippen molar-refractivity contribution in [2.24, 2.45) is 16.7 Å². The summed E-state index contributed by atoms with van der Waals surface area (Å²) in [5.74, 6) is -4.36. The maximum absolute atomic E-state index is 12.8. The molecule has 24 heavy (non-hydrogen) atoms. The minimum Gasteiger partial charge on any atom is -0.468 e. The van der Waals surface area contributed by atoms with E-state index in [0.29, 0.717) is 0 Å². The van der Waals surface area contributed by atoms with Gasteiger partial charge in [0.25, 0.3) is 0 Å². The second-order valence-corrected chi connectivity index (χ2v) is 5.49. The minimum atomic E-state index is -2.22. The van der Waals surface area contributed by atoms with Crippen LogP contribution < -0.4 is 0 Å². The number of carbonyl (C=O) groups excluding carboxylic acids is 3. The first-order chi connectivity index (χ1) is 11.4. The van der Waals surface area contributed by atoms with Crippen LogP contribution in [0.1, 0.15) is 15.9 Å². The molecule has 1 fully saturated rings. The van der Waals surface area contributed by atoms with Crippen molar-refractivity contribution < 1.29 is 23.9 Å². The molecule has 2 rings (SSSR count). The van der Waals surface area contributed by atoms with Gasteiger partial charge < -0.3 is 9.47 Å². The zero-order valence-electron chi connectivity index (χ0n) is 13.3. The molecule has 122 valence electrons. The van der Waals surface area contributed by atoms with Crippen LogP contribution >= 0.6 is 0 Å². The van der Waals surface area contributed by atoms with E-state index in [0.717, 1.165) is 19.8 Å². The van der Waals surface area contributed by atoms with Gasteiger partial charge in [0.2, 0.25) is 0 Å². The van der Waals surface area contributed by atoms with Gasteiger partial charge in [-0.3, -0.25) is 14.4 Å². The van der Waals surface area contributed by atoms with E-state index in [1.54, 1.807) is 24.3 Å². The van der Waals surface area contributed by atoms with E-state index >= 15 is 0 Å². The molecule has 1 aliphatic carbocycles. The van der Waals surface area contributed by atoms with Crippen LogP contribution in [-0.2, 0) is 19.1 Å². The van der Waals surface area contributed by atoms with Gasteiger partial charge in [0, 0.05) is 5.56 Å². The second-order valence-electron chi connectivity index (χ2n) is 5.49. The molecule has 0 amide bonds.